The van der Waals surface area contributed by atoms with Crippen molar-refractivity contribution in [2.24, 2.45) is 0 Å². The van der Waals surface area contributed by atoms with Crippen LogP contribution in [0.4, 0.5) is 11.4 Å². The van der Waals surface area contributed by atoms with Crippen LogP contribution in [0.1, 0.15) is 23.5 Å². The molecule has 0 radical (unpaired) electrons. The van der Waals surface area contributed by atoms with Gasteiger partial charge in [-0.05, 0) is 26.0 Å². The monoisotopic (exact) mass is 415 g/mol. The molecule has 1 aromatic carbocycles. The number of nitrogens with zero attached hydrogens (tertiary/aromatic N) is 4. The van der Waals surface area contributed by atoms with Gasteiger partial charge in [0.1, 0.15) is 6.54 Å². The molecule has 1 atom stereocenters. The average Bonchev–Trinajstić information content (AvgIpc) is 3.29. The molecule has 3 aromatic rings. The van der Waals surface area contributed by atoms with Gasteiger partial charge in [0.2, 0.25) is 17.7 Å². The molecular weight excluding hydrogens is 398 g/mol. The summed E-state index contributed by atoms with van der Waals surface area (Å²) in [5.41, 5.74) is 2.19. The molecule has 1 N–H and O–H groups in total. The number of nitrogens with one attached hydrogen (secondary N) is 1. The van der Waals surface area contributed by atoms with E-state index in [-0.39, 0.29) is 18.4 Å². The SMILES string of the molecule is Cc1nc(Cc2nnc(S[C@@H](C)C(=O)N3CC(=O)Nc4ccccc43)o2)cs1. The van der Waals surface area contributed by atoms with Gasteiger partial charge in [0, 0.05) is 5.38 Å². The van der Waals surface area contributed by atoms with Crippen molar-refractivity contribution >= 4 is 46.3 Å². The van der Waals surface area contributed by atoms with Crippen molar-refractivity contribution in [1.82, 2.24) is 15.2 Å². The number of thioether (sulfide) groups is 1. The lowest BCUT2D eigenvalue weighted by molar-refractivity contribution is -0.121. The second kappa shape index (κ2) is 7.72. The van der Waals surface area contributed by atoms with E-state index in [0.29, 0.717) is 28.9 Å². The molecule has 2 aromatic heterocycles. The molecule has 0 unspecified atom stereocenters. The number of anilines is 2. The van der Waals surface area contributed by atoms with E-state index >= 15 is 0 Å². The van der Waals surface area contributed by atoms with Gasteiger partial charge in [-0.2, -0.15) is 0 Å². The Hall–Kier alpha value is -2.72. The molecule has 28 heavy (non-hydrogen) atoms. The van der Waals surface area contributed by atoms with Gasteiger partial charge < -0.3 is 9.73 Å². The lowest BCUT2D eigenvalue weighted by Crippen LogP contribution is -2.45. The first kappa shape index (κ1) is 18.6. The first-order valence-electron chi connectivity index (χ1n) is 8.60. The minimum atomic E-state index is -0.492. The highest BCUT2D eigenvalue weighted by molar-refractivity contribution is 8.00. The van der Waals surface area contributed by atoms with Crippen molar-refractivity contribution in [3.8, 4) is 0 Å². The Morgan fingerprint density at radius 3 is 3.00 bits per heavy atom. The van der Waals surface area contributed by atoms with Crippen molar-refractivity contribution in [3.63, 3.8) is 0 Å². The molecule has 0 saturated heterocycles. The third-order valence-electron chi connectivity index (χ3n) is 4.11. The van der Waals surface area contributed by atoms with Crippen LogP contribution >= 0.6 is 23.1 Å². The number of rotatable bonds is 5. The van der Waals surface area contributed by atoms with Crippen LogP contribution in [-0.2, 0) is 16.0 Å². The van der Waals surface area contributed by atoms with E-state index in [0.717, 1.165) is 10.7 Å². The third-order valence-corrected chi connectivity index (χ3v) is 5.85. The number of benzene rings is 1. The number of para-hydroxylation sites is 2. The highest BCUT2D eigenvalue weighted by Gasteiger charge is 2.30. The van der Waals surface area contributed by atoms with E-state index in [4.69, 9.17) is 4.42 Å². The van der Waals surface area contributed by atoms with E-state index in [1.54, 1.807) is 24.3 Å². The maximum atomic E-state index is 12.9. The molecular formula is C18H17N5O3S2. The normalized spacial score (nSPS) is 14.5. The number of fused-ring (bicyclic) bond motifs is 1. The van der Waals surface area contributed by atoms with Crippen LogP contribution in [0, 0.1) is 6.92 Å². The minimum absolute atomic E-state index is 0.0149. The summed E-state index contributed by atoms with van der Waals surface area (Å²) < 4.78 is 5.65. The van der Waals surface area contributed by atoms with Crippen molar-refractivity contribution in [1.29, 1.82) is 0 Å². The second-order valence-electron chi connectivity index (χ2n) is 6.25. The smallest absolute Gasteiger partial charge is 0.277 e. The Morgan fingerprint density at radius 1 is 1.39 bits per heavy atom. The van der Waals surface area contributed by atoms with Gasteiger partial charge in [-0.1, -0.05) is 23.9 Å². The number of hydrogen-bond donors (Lipinski definition) is 1. The number of amides is 2. The number of carbonyl (C=O) groups excluding carboxylic acids is 2. The molecule has 4 rings (SSSR count). The number of hydrogen-bond acceptors (Lipinski definition) is 8. The van der Waals surface area contributed by atoms with E-state index in [2.05, 4.69) is 20.5 Å². The van der Waals surface area contributed by atoms with E-state index < -0.39 is 5.25 Å². The largest absolute Gasteiger partial charge is 0.416 e. The molecule has 0 fully saturated rings. The van der Waals surface area contributed by atoms with Gasteiger partial charge >= 0.3 is 0 Å². The van der Waals surface area contributed by atoms with Crippen molar-refractivity contribution in [3.05, 3.63) is 46.2 Å². The summed E-state index contributed by atoms with van der Waals surface area (Å²) in [7, 11) is 0. The van der Waals surface area contributed by atoms with Crippen LogP contribution in [0.5, 0.6) is 0 Å². The van der Waals surface area contributed by atoms with Gasteiger partial charge in [-0.15, -0.1) is 21.5 Å². The first-order valence-corrected chi connectivity index (χ1v) is 10.4. The van der Waals surface area contributed by atoms with Gasteiger partial charge in [-0.25, -0.2) is 4.98 Å². The third kappa shape index (κ3) is 3.92. The predicted molar refractivity (Wildman–Crippen MR) is 107 cm³/mol. The maximum Gasteiger partial charge on any atom is 0.277 e. The van der Waals surface area contributed by atoms with Gasteiger partial charge in [0.25, 0.3) is 5.22 Å². The molecule has 1 aliphatic heterocycles. The molecule has 1 aliphatic rings. The number of carbonyl (C=O) groups is 2. The van der Waals surface area contributed by atoms with Crippen LogP contribution in [-0.4, -0.2) is 38.8 Å². The lowest BCUT2D eigenvalue weighted by atomic mass is 10.2. The molecule has 0 spiro atoms. The molecule has 0 bridgehead atoms. The summed E-state index contributed by atoms with van der Waals surface area (Å²) in [5, 5.41) is 13.6. The lowest BCUT2D eigenvalue weighted by Gasteiger charge is -2.30. The average molecular weight is 416 g/mol. The summed E-state index contributed by atoms with van der Waals surface area (Å²) in [6, 6.07) is 7.23. The quantitative estimate of drug-likeness (QED) is 0.639. The summed E-state index contributed by atoms with van der Waals surface area (Å²) in [6.07, 6.45) is 0.458. The highest BCUT2D eigenvalue weighted by atomic mass is 32.2. The fourth-order valence-electron chi connectivity index (χ4n) is 2.85. The topological polar surface area (TPSA) is 101 Å². The Kier molecular flexibility index (Phi) is 5.14. The van der Waals surface area contributed by atoms with E-state index in [1.165, 1.54) is 16.7 Å². The maximum absolute atomic E-state index is 12.9. The van der Waals surface area contributed by atoms with Gasteiger partial charge in [-0.3, -0.25) is 14.5 Å². The molecule has 3 heterocycles. The van der Waals surface area contributed by atoms with Gasteiger partial charge in [0.15, 0.2) is 0 Å². The molecule has 144 valence electrons. The van der Waals surface area contributed by atoms with Crippen LogP contribution in [0.15, 0.2) is 39.3 Å². The molecule has 8 nitrogen and oxygen atoms in total. The zero-order valence-corrected chi connectivity index (χ0v) is 16.8. The zero-order chi connectivity index (χ0) is 19.7. The Morgan fingerprint density at radius 2 is 2.21 bits per heavy atom. The molecule has 0 aliphatic carbocycles. The summed E-state index contributed by atoms with van der Waals surface area (Å²) in [4.78, 5) is 30.7. The summed E-state index contributed by atoms with van der Waals surface area (Å²) in [6.45, 7) is 3.68. The van der Waals surface area contributed by atoms with Crippen LogP contribution in [0.2, 0.25) is 0 Å². The minimum Gasteiger partial charge on any atom is -0.416 e. The number of aryl methyl sites for hydroxylation is 1. The first-order chi connectivity index (χ1) is 13.5. The Labute approximate surface area is 169 Å². The van der Waals surface area contributed by atoms with Crippen molar-refractivity contribution < 1.29 is 14.0 Å². The Balaban J connectivity index is 1.45. The molecule has 2 amide bonds. The van der Waals surface area contributed by atoms with Crippen molar-refractivity contribution in [2.45, 2.75) is 30.7 Å². The molecule has 0 saturated carbocycles. The highest BCUT2D eigenvalue weighted by Crippen LogP contribution is 2.32. The van der Waals surface area contributed by atoms with Crippen LogP contribution < -0.4 is 10.2 Å². The van der Waals surface area contributed by atoms with E-state index in [9.17, 15) is 9.59 Å². The fourth-order valence-corrected chi connectivity index (χ4v) is 4.23. The van der Waals surface area contributed by atoms with Crippen LogP contribution in [0.25, 0.3) is 0 Å². The number of thiazole rings is 1. The molecule has 10 heteroatoms. The fraction of sp³-hybridized carbons (Fsp3) is 0.278. The van der Waals surface area contributed by atoms with E-state index in [1.807, 2.05) is 30.5 Å². The number of aromatic nitrogens is 3. The zero-order valence-electron chi connectivity index (χ0n) is 15.2. The Bertz CT molecular complexity index is 1030. The van der Waals surface area contributed by atoms with Gasteiger partial charge in [0.05, 0.1) is 33.7 Å². The second-order valence-corrected chi connectivity index (χ2v) is 8.60. The standard InChI is InChI=1S/C18H17N5O3S2/c1-10(17(25)23-8-15(24)20-13-5-3-4-6-14(13)23)28-18-22-21-16(26-18)7-12-9-27-11(2)19-12/h3-6,9-10H,7-8H2,1-2H3,(H,20,24)/t10-/m0/s1. The predicted octanol–water partition coefficient (Wildman–Crippen LogP) is 2.89. The summed E-state index contributed by atoms with van der Waals surface area (Å²) in [5.74, 6) is 0.0419. The summed E-state index contributed by atoms with van der Waals surface area (Å²) >= 11 is 2.74. The van der Waals surface area contributed by atoms with Crippen molar-refractivity contribution in [2.75, 3.05) is 16.8 Å². The van der Waals surface area contributed by atoms with Crippen LogP contribution in [0.3, 0.4) is 0 Å².